The maximum Gasteiger partial charge on any atom is 0.267 e. The minimum absolute atomic E-state index is 0.0674. The molecule has 7 nitrogen and oxygen atoms in total. The number of aryl methyl sites for hydroxylation is 3. The van der Waals surface area contributed by atoms with Crippen LogP contribution in [0.15, 0.2) is 27.6 Å². The highest BCUT2D eigenvalue weighted by Crippen LogP contribution is 2.28. The van der Waals surface area contributed by atoms with Crippen LogP contribution < -0.4 is 9.46 Å². The molecule has 1 aromatic carbocycles. The molecule has 2 rings (SSSR count). The summed E-state index contributed by atoms with van der Waals surface area (Å²) in [5.74, 6) is 0.0688. The summed E-state index contributed by atoms with van der Waals surface area (Å²) in [4.78, 5) is 11.9. The first-order valence-electron chi connectivity index (χ1n) is 6.86. The molecule has 0 atom stereocenters. The molecule has 1 heterocycles. The Morgan fingerprint density at radius 3 is 2.52 bits per heavy atom. The van der Waals surface area contributed by atoms with E-state index < -0.39 is 15.9 Å². The van der Waals surface area contributed by atoms with Crippen LogP contribution in [0, 0.1) is 20.8 Å². The van der Waals surface area contributed by atoms with E-state index in [1.165, 1.54) is 13.2 Å². The van der Waals surface area contributed by atoms with Crippen molar-refractivity contribution in [3.63, 3.8) is 0 Å². The van der Waals surface area contributed by atoms with Crippen LogP contribution in [0.3, 0.4) is 0 Å². The summed E-state index contributed by atoms with van der Waals surface area (Å²) in [6, 6.07) is 4.84. The number of nitrogens with one attached hydrogen (secondary N) is 1. The van der Waals surface area contributed by atoms with Gasteiger partial charge in [-0.2, -0.15) is 0 Å². The number of benzene rings is 1. The molecule has 0 saturated carbocycles. The molecular weight excluding hydrogens is 320 g/mol. The first-order valence-corrected chi connectivity index (χ1v) is 8.34. The lowest BCUT2D eigenvalue weighted by molar-refractivity contribution is -0.118. The standard InChI is InChI=1S/C15H18N2O5S/c1-9-5-10(2)15(21-4)13(6-9)23(19,20)17-14(18)8-12-7-11(3)22-16-12/h5-7H,8H2,1-4H3,(H,17,18). The van der Waals surface area contributed by atoms with Gasteiger partial charge in [-0.25, -0.2) is 13.1 Å². The number of nitrogens with zero attached hydrogens (tertiary/aromatic N) is 1. The number of hydrogen-bond acceptors (Lipinski definition) is 6. The highest BCUT2D eigenvalue weighted by Gasteiger charge is 2.24. The number of rotatable bonds is 5. The lowest BCUT2D eigenvalue weighted by Crippen LogP contribution is -2.32. The van der Waals surface area contributed by atoms with Crippen LogP contribution in [0.25, 0.3) is 0 Å². The summed E-state index contributed by atoms with van der Waals surface area (Å²) >= 11 is 0. The van der Waals surface area contributed by atoms with Crippen molar-refractivity contribution in [2.75, 3.05) is 7.11 Å². The number of carbonyl (C=O) groups excluding carboxylic acids is 1. The molecule has 0 aliphatic rings. The minimum Gasteiger partial charge on any atom is -0.495 e. The fourth-order valence-corrected chi connectivity index (χ4v) is 3.59. The number of carbonyl (C=O) groups is 1. The molecule has 0 spiro atoms. The van der Waals surface area contributed by atoms with Crippen LogP contribution in [0.1, 0.15) is 22.6 Å². The van der Waals surface area contributed by atoms with Crippen LogP contribution in [-0.4, -0.2) is 26.6 Å². The highest BCUT2D eigenvalue weighted by molar-refractivity contribution is 7.90. The van der Waals surface area contributed by atoms with E-state index in [-0.39, 0.29) is 17.1 Å². The van der Waals surface area contributed by atoms with Crippen molar-refractivity contribution >= 4 is 15.9 Å². The molecule has 1 N–H and O–H groups in total. The summed E-state index contributed by atoms with van der Waals surface area (Å²) < 4.78 is 37.0. The zero-order valence-corrected chi connectivity index (χ0v) is 14.2. The summed E-state index contributed by atoms with van der Waals surface area (Å²) in [5, 5.41) is 3.67. The average molecular weight is 338 g/mol. The van der Waals surface area contributed by atoms with Gasteiger partial charge in [0, 0.05) is 6.07 Å². The number of aromatic nitrogens is 1. The summed E-state index contributed by atoms with van der Waals surface area (Å²) in [6.07, 6.45) is -0.191. The van der Waals surface area contributed by atoms with Gasteiger partial charge in [0.1, 0.15) is 16.4 Å². The van der Waals surface area contributed by atoms with Gasteiger partial charge in [-0.3, -0.25) is 4.79 Å². The Hall–Kier alpha value is -2.35. The predicted octanol–water partition coefficient (Wildman–Crippen LogP) is 1.66. The maximum atomic E-state index is 12.5. The first-order chi connectivity index (χ1) is 10.7. The van der Waals surface area contributed by atoms with E-state index >= 15 is 0 Å². The molecule has 0 aliphatic carbocycles. The number of amides is 1. The van der Waals surface area contributed by atoms with Gasteiger partial charge in [-0.15, -0.1) is 0 Å². The largest absolute Gasteiger partial charge is 0.495 e. The lowest BCUT2D eigenvalue weighted by atomic mass is 10.1. The Balaban J connectivity index is 2.27. The van der Waals surface area contributed by atoms with Crippen molar-refractivity contribution in [1.82, 2.24) is 9.88 Å². The molecule has 0 bridgehead atoms. The summed E-state index contributed by atoms with van der Waals surface area (Å²) in [7, 11) is -2.66. The van der Waals surface area contributed by atoms with Gasteiger partial charge >= 0.3 is 0 Å². The summed E-state index contributed by atoms with van der Waals surface area (Å²) in [6.45, 7) is 5.20. The molecule has 0 fully saturated rings. The normalized spacial score (nSPS) is 11.3. The van der Waals surface area contributed by atoms with Crippen molar-refractivity contribution in [3.05, 3.63) is 40.8 Å². The molecule has 0 unspecified atom stereocenters. The highest BCUT2D eigenvalue weighted by atomic mass is 32.2. The Morgan fingerprint density at radius 1 is 1.26 bits per heavy atom. The Bertz CT molecular complexity index is 840. The molecule has 124 valence electrons. The molecule has 8 heteroatoms. The monoisotopic (exact) mass is 338 g/mol. The van der Waals surface area contributed by atoms with Crippen molar-refractivity contribution in [3.8, 4) is 5.75 Å². The van der Waals surface area contributed by atoms with E-state index in [9.17, 15) is 13.2 Å². The number of ether oxygens (including phenoxy) is 1. The Morgan fingerprint density at radius 2 is 1.96 bits per heavy atom. The van der Waals surface area contributed by atoms with Gasteiger partial charge in [0.2, 0.25) is 5.91 Å². The van der Waals surface area contributed by atoms with Gasteiger partial charge in [-0.1, -0.05) is 11.2 Å². The molecule has 0 saturated heterocycles. The SMILES string of the molecule is COc1c(C)cc(C)cc1S(=O)(=O)NC(=O)Cc1cc(C)on1. The molecule has 1 amide bonds. The van der Waals surface area contributed by atoms with Gasteiger partial charge in [0.15, 0.2) is 0 Å². The quantitative estimate of drug-likeness (QED) is 0.890. The number of sulfonamides is 1. The second-order valence-electron chi connectivity index (χ2n) is 5.25. The topological polar surface area (TPSA) is 98.5 Å². The van der Waals surface area contributed by atoms with Gasteiger partial charge in [-0.05, 0) is 38.0 Å². The van der Waals surface area contributed by atoms with Gasteiger partial charge in [0.05, 0.1) is 19.2 Å². The molecule has 23 heavy (non-hydrogen) atoms. The van der Waals surface area contributed by atoms with Crippen LogP contribution >= 0.6 is 0 Å². The van der Waals surface area contributed by atoms with Crippen molar-refractivity contribution in [2.45, 2.75) is 32.1 Å². The zero-order valence-electron chi connectivity index (χ0n) is 13.3. The van der Waals surface area contributed by atoms with Gasteiger partial charge < -0.3 is 9.26 Å². The van der Waals surface area contributed by atoms with E-state index in [2.05, 4.69) is 5.16 Å². The average Bonchev–Trinajstić information content (AvgIpc) is 2.82. The van der Waals surface area contributed by atoms with Gasteiger partial charge in [0.25, 0.3) is 10.0 Å². The Kier molecular flexibility index (Phi) is 4.74. The van der Waals surface area contributed by atoms with Crippen molar-refractivity contribution in [1.29, 1.82) is 0 Å². The smallest absolute Gasteiger partial charge is 0.267 e. The third-order valence-electron chi connectivity index (χ3n) is 3.15. The number of methoxy groups -OCH3 is 1. The van der Waals surface area contributed by atoms with Crippen LogP contribution in [-0.2, 0) is 21.2 Å². The van der Waals surface area contributed by atoms with Crippen LogP contribution in [0.4, 0.5) is 0 Å². The zero-order chi connectivity index (χ0) is 17.2. The fourth-order valence-electron chi connectivity index (χ4n) is 2.28. The lowest BCUT2D eigenvalue weighted by Gasteiger charge is -2.13. The summed E-state index contributed by atoms with van der Waals surface area (Å²) in [5.41, 5.74) is 1.79. The predicted molar refractivity (Wildman–Crippen MR) is 82.7 cm³/mol. The molecular formula is C15H18N2O5S. The number of hydrogen-bond donors (Lipinski definition) is 1. The van der Waals surface area contributed by atoms with E-state index in [1.807, 2.05) is 4.72 Å². The second-order valence-corrected chi connectivity index (χ2v) is 6.90. The maximum absolute atomic E-state index is 12.5. The Labute approximate surface area is 134 Å². The van der Waals surface area contributed by atoms with E-state index in [1.54, 1.807) is 32.9 Å². The molecule has 2 aromatic rings. The van der Waals surface area contributed by atoms with E-state index in [0.717, 1.165) is 5.56 Å². The van der Waals surface area contributed by atoms with Crippen LogP contribution in [0.5, 0.6) is 5.75 Å². The first kappa shape index (κ1) is 17.0. The van der Waals surface area contributed by atoms with Crippen LogP contribution in [0.2, 0.25) is 0 Å². The molecule has 0 aliphatic heterocycles. The van der Waals surface area contributed by atoms with E-state index in [0.29, 0.717) is 17.0 Å². The minimum atomic E-state index is -4.04. The third-order valence-corrected chi connectivity index (χ3v) is 4.52. The molecule has 0 radical (unpaired) electrons. The third kappa shape index (κ3) is 3.89. The second kappa shape index (κ2) is 6.41. The van der Waals surface area contributed by atoms with Crippen molar-refractivity contribution < 1.29 is 22.5 Å². The van der Waals surface area contributed by atoms with E-state index in [4.69, 9.17) is 9.26 Å². The molecule has 1 aromatic heterocycles. The van der Waals surface area contributed by atoms with Crippen molar-refractivity contribution in [2.24, 2.45) is 0 Å². The fraction of sp³-hybridized carbons (Fsp3) is 0.333.